The van der Waals surface area contributed by atoms with E-state index in [9.17, 15) is 19.0 Å². The Morgan fingerprint density at radius 2 is 0.740 bits per heavy atom. The summed E-state index contributed by atoms with van der Waals surface area (Å²) in [4.78, 5) is 35.6. The Hall–Kier alpha value is -4.63. The average molecular weight is 1090 g/mol. The van der Waals surface area contributed by atoms with Crippen LogP contribution in [0.3, 0.4) is 0 Å². The summed E-state index contributed by atoms with van der Waals surface area (Å²) in [5, 5.41) is 0. The van der Waals surface area contributed by atoms with Crippen molar-refractivity contribution in [1.29, 1.82) is 0 Å². The van der Waals surface area contributed by atoms with Gasteiger partial charge in [-0.1, -0.05) is 216 Å². The Bertz CT molecular complexity index is 1900. The highest BCUT2D eigenvalue weighted by Crippen LogP contribution is 2.43. The van der Waals surface area contributed by atoms with Crippen LogP contribution in [-0.4, -0.2) is 74.9 Å². The normalized spacial score (nSPS) is 14.5. The minimum absolute atomic E-state index is 0.0110. The van der Waals surface area contributed by atoms with Crippen LogP contribution in [0.15, 0.2) is 170 Å². The van der Waals surface area contributed by atoms with Crippen LogP contribution in [0.25, 0.3) is 0 Å². The van der Waals surface area contributed by atoms with Crippen molar-refractivity contribution in [3.63, 3.8) is 0 Å². The first-order valence-electron chi connectivity index (χ1n) is 29.4. The van der Waals surface area contributed by atoms with Gasteiger partial charge in [-0.2, -0.15) is 0 Å². The number of carbonyl (C=O) groups is 2. The van der Waals surface area contributed by atoms with E-state index in [0.29, 0.717) is 23.9 Å². The zero-order chi connectivity index (χ0) is 56.3. The molecule has 0 aliphatic heterocycles. The molecule has 0 aromatic rings. The number of unbranched alkanes of at least 4 members (excludes halogenated alkanes) is 9. The average Bonchev–Trinajstić information content (AvgIpc) is 3.39. The molecule has 77 heavy (non-hydrogen) atoms. The van der Waals surface area contributed by atoms with Gasteiger partial charge in [0.2, 0.25) is 0 Å². The largest absolute Gasteiger partial charge is 0.472 e. The predicted molar refractivity (Wildman–Crippen MR) is 329 cm³/mol. The van der Waals surface area contributed by atoms with Crippen LogP contribution in [-0.2, 0) is 32.7 Å². The second kappa shape index (κ2) is 56.1. The molecule has 0 amide bonds. The van der Waals surface area contributed by atoms with E-state index in [1.165, 1.54) is 12.8 Å². The van der Waals surface area contributed by atoms with Crippen molar-refractivity contribution in [3.8, 4) is 0 Å². The van der Waals surface area contributed by atoms with Gasteiger partial charge in [0.1, 0.15) is 19.8 Å². The summed E-state index contributed by atoms with van der Waals surface area (Å²) in [5.41, 5.74) is 0. The van der Waals surface area contributed by atoms with E-state index in [1.54, 1.807) is 0 Å². The number of likely N-dealkylation sites (N-methyl/N-ethyl adjacent to an activating group) is 1. The van der Waals surface area contributed by atoms with Crippen molar-refractivity contribution in [2.75, 3.05) is 47.5 Å². The van der Waals surface area contributed by atoms with Crippen LogP contribution in [0.4, 0.5) is 0 Å². The molecule has 0 spiro atoms. The first-order chi connectivity index (χ1) is 37.5. The molecule has 0 saturated carbocycles. The highest BCUT2D eigenvalue weighted by Gasteiger charge is 2.27. The van der Waals surface area contributed by atoms with Crippen molar-refractivity contribution < 1.29 is 42.1 Å². The third-order valence-corrected chi connectivity index (χ3v) is 12.5. The molecule has 0 saturated heterocycles. The molecule has 2 atom stereocenters. The number of rotatable bonds is 51. The molecule has 9 nitrogen and oxygen atoms in total. The molecule has 0 radical (unpaired) electrons. The Morgan fingerprint density at radius 3 is 1.13 bits per heavy atom. The number of hydrogen-bond donors (Lipinski definition) is 1. The molecule has 0 aromatic carbocycles. The molecule has 1 N–H and O–H groups in total. The third-order valence-electron chi connectivity index (χ3n) is 11.5. The molecule has 0 aliphatic carbocycles. The summed E-state index contributed by atoms with van der Waals surface area (Å²) < 4.78 is 34.4. The Kier molecular flexibility index (Phi) is 52.7. The quantitative estimate of drug-likeness (QED) is 0.0211. The van der Waals surface area contributed by atoms with Crippen molar-refractivity contribution >= 4 is 19.8 Å². The van der Waals surface area contributed by atoms with Gasteiger partial charge in [0.25, 0.3) is 0 Å². The number of ether oxygens (including phenoxy) is 2. The van der Waals surface area contributed by atoms with Crippen LogP contribution < -0.4 is 0 Å². The van der Waals surface area contributed by atoms with Crippen molar-refractivity contribution in [3.05, 3.63) is 170 Å². The molecule has 0 bridgehead atoms. The van der Waals surface area contributed by atoms with Crippen molar-refractivity contribution in [1.82, 2.24) is 0 Å². The number of esters is 2. The minimum atomic E-state index is -4.41. The lowest BCUT2D eigenvalue weighted by Gasteiger charge is -2.24. The Balaban J connectivity index is 4.26. The number of carbonyl (C=O) groups excluding carboxylic acids is 2. The topological polar surface area (TPSA) is 108 Å². The van der Waals surface area contributed by atoms with Crippen LogP contribution in [0.2, 0.25) is 0 Å². The van der Waals surface area contributed by atoms with Gasteiger partial charge in [-0.25, -0.2) is 4.57 Å². The summed E-state index contributed by atoms with van der Waals surface area (Å²) in [7, 11) is 1.41. The molecular weight excluding hydrogens is 978 g/mol. The molecule has 10 heteroatoms. The van der Waals surface area contributed by atoms with Crippen molar-refractivity contribution in [2.24, 2.45) is 0 Å². The fraction of sp³-hybridized carbons (Fsp3) is 0.552. The number of phosphoric ester groups is 1. The third kappa shape index (κ3) is 60.5. The van der Waals surface area contributed by atoms with Gasteiger partial charge in [-0.05, 0) is 128 Å². The second-order valence-electron chi connectivity index (χ2n) is 19.9. The van der Waals surface area contributed by atoms with Gasteiger partial charge in [-0.15, -0.1) is 0 Å². The van der Waals surface area contributed by atoms with Gasteiger partial charge in [0.05, 0.1) is 27.7 Å². The van der Waals surface area contributed by atoms with Gasteiger partial charge >= 0.3 is 19.8 Å². The van der Waals surface area contributed by atoms with Gasteiger partial charge in [0, 0.05) is 12.8 Å². The van der Waals surface area contributed by atoms with E-state index in [2.05, 4.69) is 184 Å². The number of allylic oxidation sites excluding steroid dienone is 28. The van der Waals surface area contributed by atoms with Crippen LogP contribution in [0, 0.1) is 0 Å². The second-order valence-corrected chi connectivity index (χ2v) is 21.4. The molecule has 2 unspecified atom stereocenters. The van der Waals surface area contributed by atoms with E-state index in [0.717, 1.165) is 135 Å². The Morgan fingerprint density at radius 1 is 0.416 bits per heavy atom. The summed E-state index contributed by atoms with van der Waals surface area (Å²) in [6.45, 7) is 4.17. The smallest absolute Gasteiger partial charge is 0.462 e. The summed E-state index contributed by atoms with van der Waals surface area (Å²) >= 11 is 0. The summed E-state index contributed by atoms with van der Waals surface area (Å²) in [6.07, 6.45) is 85.8. The van der Waals surface area contributed by atoms with E-state index in [-0.39, 0.29) is 26.1 Å². The molecule has 0 aromatic heterocycles. The minimum Gasteiger partial charge on any atom is -0.462 e. The van der Waals surface area contributed by atoms with E-state index in [1.807, 2.05) is 21.1 Å². The lowest BCUT2D eigenvalue weighted by atomic mass is 10.1. The molecule has 0 aliphatic rings. The number of nitrogens with zero attached hydrogens (tertiary/aromatic N) is 1. The van der Waals surface area contributed by atoms with Gasteiger partial charge in [-0.3, -0.25) is 18.6 Å². The van der Waals surface area contributed by atoms with Crippen molar-refractivity contribution in [2.45, 2.75) is 193 Å². The fourth-order valence-electron chi connectivity index (χ4n) is 6.95. The zero-order valence-corrected chi connectivity index (χ0v) is 49.8. The molecule has 0 rings (SSSR count). The number of phosphoric acid groups is 1. The van der Waals surface area contributed by atoms with Crippen LogP contribution in [0.5, 0.6) is 0 Å². The lowest BCUT2D eigenvalue weighted by molar-refractivity contribution is -0.870. The fourth-order valence-corrected chi connectivity index (χ4v) is 7.69. The van der Waals surface area contributed by atoms with Crippen LogP contribution in [0.1, 0.15) is 187 Å². The predicted octanol–water partition coefficient (Wildman–Crippen LogP) is 18.6. The zero-order valence-electron chi connectivity index (χ0n) is 48.9. The molecular formula is C67H107NO8P+. The van der Waals surface area contributed by atoms with Crippen LogP contribution >= 0.6 is 7.82 Å². The first kappa shape index (κ1) is 72.4. The van der Waals surface area contributed by atoms with E-state index in [4.69, 9.17) is 18.5 Å². The Labute approximate surface area is 470 Å². The highest BCUT2D eigenvalue weighted by molar-refractivity contribution is 7.47. The molecule has 0 heterocycles. The maximum absolute atomic E-state index is 12.8. The number of hydrogen-bond acceptors (Lipinski definition) is 7. The number of quaternary nitrogens is 1. The van der Waals surface area contributed by atoms with Gasteiger partial charge < -0.3 is 18.9 Å². The first-order valence-corrected chi connectivity index (χ1v) is 30.9. The molecule has 432 valence electrons. The molecule has 0 fully saturated rings. The highest BCUT2D eigenvalue weighted by atomic mass is 31.2. The lowest BCUT2D eigenvalue weighted by Crippen LogP contribution is -2.37. The van der Waals surface area contributed by atoms with E-state index < -0.39 is 32.5 Å². The maximum Gasteiger partial charge on any atom is 0.472 e. The van der Waals surface area contributed by atoms with E-state index >= 15 is 0 Å². The van der Waals surface area contributed by atoms with Gasteiger partial charge in [0.15, 0.2) is 6.10 Å². The maximum atomic E-state index is 12.8. The summed E-state index contributed by atoms with van der Waals surface area (Å²) in [5.74, 6) is -0.882. The summed E-state index contributed by atoms with van der Waals surface area (Å²) in [6, 6.07) is 0. The SMILES string of the molecule is CC/C=C\C/C=C\C/C=C\C/C=C\C/C=C\C/C=C\C/C=C\C/C=C\C/C=C\C/C=C\C/C=C\C/C=C\CCCCC(=O)OC(COC(=O)CCCCCCC/C=C\C/C=C\CCCC)COP(=O)(O)OCC[N+](C)(C)C. The standard InChI is InChI=1S/C67H106NO8P/c1-6-8-10-12-14-16-18-20-22-23-24-25-26-27-28-29-30-31-32-33-34-35-36-37-38-39-40-41-42-43-44-45-46-48-50-52-54-56-58-60-67(70)76-65(64-75-77(71,72)74-62-61-68(3,4)5)63-73-66(69)59-57-55-53-51-49-47-21-19-17-15-13-11-9-7-2/h8,10,13-16,19-22,24-25,27-28,30-31,33-34,36-37,39-40,42-43,45-46,50,52,65H,6-7,9,11-12,17-18,23,26,29,32,35,38,41,44,47-49,51,53-64H2,1-5H3/p+1/b10-8-,15-13-,16-14-,21-19-,22-20-,25-24-,28-27-,31-30-,34-33-,37-36-,40-39-,43-42-,46-45-,52-50-. The monoisotopic (exact) mass is 1080 g/mol.